The third-order valence-electron chi connectivity index (χ3n) is 3.76. The molecule has 1 aromatic rings. The van der Waals surface area contributed by atoms with Crippen molar-refractivity contribution in [2.75, 3.05) is 0 Å². The summed E-state index contributed by atoms with van der Waals surface area (Å²) in [6, 6.07) is 7.78. The van der Waals surface area contributed by atoms with Crippen LogP contribution in [0.4, 0.5) is 0 Å². The zero-order chi connectivity index (χ0) is 15.8. The molecular formula is C17H28N2O2. The number of para-hydroxylation sites is 1. The summed E-state index contributed by atoms with van der Waals surface area (Å²) in [5, 5.41) is 3.00. The molecule has 0 spiro atoms. The van der Waals surface area contributed by atoms with E-state index in [2.05, 4.69) is 19.2 Å². The minimum Gasteiger partial charge on any atom is -0.481 e. The van der Waals surface area contributed by atoms with E-state index in [4.69, 9.17) is 10.5 Å². The molecule has 0 radical (unpaired) electrons. The summed E-state index contributed by atoms with van der Waals surface area (Å²) >= 11 is 0. The molecule has 0 heterocycles. The van der Waals surface area contributed by atoms with Gasteiger partial charge in [0.2, 0.25) is 0 Å². The lowest BCUT2D eigenvalue weighted by molar-refractivity contribution is -0.128. The largest absolute Gasteiger partial charge is 0.481 e. The zero-order valence-corrected chi connectivity index (χ0v) is 13.6. The van der Waals surface area contributed by atoms with Gasteiger partial charge in [-0.15, -0.1) is 0 Å². The van der Waals surface area contributed by atoms with E-state index in [1.54, 1.807) is 6.92 Å². The number of amides is 1. The van der Waals surface area contributed by atoms with Gasteiger partial charge in [-0.25, -0.2) is 0 Å². The van der Waals surface area contributed by atoms with Crippen molar-refractivity contribution >= 4 is 5.91 Å². The number of carbonyl (C=O) groups is 1. The van der Waals surface area contributed by atoms with Gasteiger partial charge < -0.3 is 15.8 Å². The van der Waals surface area contributed by atoms with Crippen molar-refractivity contribution in [3.05, 3.63) is 29.8 Å². The molecule has 1 unspecified atom stereocenters. The van der Waals surface area contributed by atoms with Crippen molar-refractivity contribution in [2.24, 2.45) is 5.73 Å². The Morgan fingerprint density at radius 2 is 1.81 bits per heavy atom. The van der Waals surface area contributed by atoms with Crippen LogP contribution in [0.25, 0.3) is 0 Å². The van der Waals surface area contributed by atoms with Gasteiger partial charge in [0, 0.05) is 17.6 Å². The summed E-state index contributed by atoms with van der Waals surface area (Å²) in [6.45, 7) is 7.93. The van der Waals surface area contributed by atoms with Crippen molar-refractivity contribution in [2.45, 2.75) is 65.1 Å². The van der Waals surface area contributed by atoms with Crippen molar-refractivity contribution < 1.29 is 9.53 Å². The normalized spacial score (nSPS) is 13.8. The van der Waals surface area contributed by atoms with Crippen LogP contribution >= 0.6 is 0 Å². The van der Waals surface area contributed by atoms with Gasteiger partial charge in [-0.2, -0.15) is 0 Å². The van der Waals surface area contributed by atoms with Crippen LogP contribution in [0.3, 0.4) is 0 Å². The first-order valence-electron chi connectivity index (χ1n) is 7.84. The van der Waals surface area contributed by atoms with Crippen LogP contribution < -0.4 is 15.8 Å². The van der Waals surface area contributed by atoms with Gasteiger partial charge in [0.25, 0.3) is 5.91 Å². The Morgan fingerprint density at radius 1 is 1.19 bits per heavy atom. The monoisotopic (exact) mass is 292 g/mol. The maximum absolute atomic E-state index is 12.2. The third-order valence-corrected chi connectivity index (χ3v) is 3.76. The summed E-state index contributed by atoms with van der Waals surface area (Å²) in [6.07, 6.45) is 2.14. The van der Waals surface area contributed by atoms with Crippen molar-refractivity contribution in [1.29, 1.82) is 0 Å². The molecule has 118 valence electrons. The van der Waals surface area contributed by atoms with Gasteiger partial charge in [-0.1, -0.05) is 39.0 Å². The van der Waals surface area contributed by atoms with E-state index in [0.29, 0.717) is 5.75 Å². The predicted molar refractivity (Wildman–Crippen MR) is 86.3 cm³/mol. The minimum absolute atomic E-state index is 0.0736. The Bertz CT molecular complexity index is 444. The minimum atomic E-state index is -0.532. The topological polar surface area (TPSA) is 64.3 Å². The van der Waals surface area contributed by atoms with E-state index in [1.807, 2.05) is 31.2 Å². The molecule has 1 aromatic carbocycles. The van der Waals surface area contributed by atoms with E-state index in [0.717, 1.165) is 24.8 Å². The number of rotatable bonds is 8. The van der Waals surface area contributed by atoms with E-state index < -0.39 is 6.10 Å². The molecule has 21 heavy (non-hydrogen) atoms. The summed E-state index contributed by atoms with van der Waals surface area (Å²) < 4.78 is 5.83. The number of hydrogen-bond acceptors (Lipinski definition) is 3. The summed E-state index contributed by atoms with van der Waals surface area (Å²) in [4.78, 5) is 12.2. The molecule has 0 saturated heterocycles. The smallest absolute Gasteiger partial charge is 0.260 e. The fourth-order valence-electron chi connectivity index (χ4n) is 2.17. The molecule has 4 heteroatoms. The molecule has 0 aliphatic rings. The maximum Gasteiger partial charge on any atom is 0.260 e. The lowest BCUT2D eigenvalue weighted by Crippen LogP contribution is -2.42. The van der Waals surface area contributed by atoms with Crippen LogP contribution in [0.2, 0.25) is 0 Å². The van der Waals surface area contributed by atoms with Crippen LogP contribution in [0.5, 0.6) is 5.75 Å². The van der Waals surface area contributed by atoms with E-state index in [-0.39, 0.29) is 18.0 Å². The Balaban J connectivity index is 2.74. The molecule has 0 aliphatic heterocycles. The molecule has 3 N–H and O–H groups in total. The Kier molecular flexibility index (Phi) is 7.23. The standard InChI is InChI=1S/C17H28N2O2/c1-5-13(6-2)19-17(20)12(4)21-16-11-9-8-10-14(16)15(18)7-3/h8-13,15H,5-7,18H2,1-4H3,(H,19,20)/t12?,15-/m1/s1. The molecule has 0 bridgehead atoms. The fraction of sp³-hybridized carbons (Fsp3) is 0.588. The third kappa shape index (κ3) is 5.05. The highest BCUT2D eigenvalue weighted by Crippen LogP contribution is 2.26. The highest BCUT2D eigenvalue weighted by Gasteiger charge is 2.19. The van der Waals surface area contributed by atoms with Crippen LogP contribution in [-0.2, 0) is 4.79 Å². The lowest BCUT2D eigenvalue weighted by Gasteiger charge is -2.22. The second-order valence-electron chi connectivity index (χ2n) is 5.33. The summed E-state index contributed by atoms with van der Waals surface area (Å²) in [5.41, 5.74) is 7.04. The number of hydrogen-bond donors (Lipinski definition) is 2. The molecule has 0 fully saturated rings. The zero-order valence-electron chi connectivity index (χ0n) is 13.6. The first-order chi connectivity index (χ1) is 10.0. The Labute approximate surface area is 128 Å². The number of nitrogens with two attached hydrogens (primary N) is 1. The number of nitrogens with one attached hydrogen (secondary N) is 1. The van der Waals surface area contributed by atoms with Gasteiger partial charge in [0.05, 0.1) is 0 Å². The molecule has 1 amide bonds. The quantitative estimate of drug-likeness (QED) is 0.773. The molecule has 4 nitrogen and oxygen atoms in total. The van der Waals surface area contributed by atoms with Gasteiger partial charge in [-0.3, -0.25) is 4.79 Å². The molecule has 0 aliphatic carbocycles. The number of ether oxygens (including phenoxy) is 1. The second kappa shape index (κ2) is 8.67. The average Bonchev–Trinajstić information content (AvgIpc) is 2.51. The van der Waals surface area contributed by atoms with E-state index in [1.165, 1.54) is 0 Å². The average molecular weight is 292 g/mol. The van der Waals surface area contributed by atoms with Crippen LogP contribution in [0.1, 0.15) is 58.6 Å². The SMILES string of the molecule is CCC(CC)NC(=O)C(C)Oc1ccccc1[C@H](N)CC. The molecular weight excluding hydrogens is 264 g/mol. The first-order valence-corrected chi connectivity index (χ1v) is 7.84. The summed E-state index contributed by atoms with van der Waals surface area (Å²) in [5.74, 6) is 0.614. The van der Waals surface area contributed by atoms with Gasteiger partial charge in [-0.05, 0) is 32.3 Å². The van der Waals surface area contributed by atoms with E-state index in [9.17, 15) is 4.79 Å². The molecule has 0 aromatic heterocycles. The lowest BCUT2D eigenvalue weighted by atomic mass is 10.0. The molecule has 1 rings (SSSR count). The predicted octanol–water partition coefficient (Wildman–Crippen LogP) is 3.17. The van der Waals surface area contributed by atoms with Crippen molar-refractivity contribution in [3.8, 4) is 5.75 Å². The highest BCUT2D eigenvalue weighted by molar-refractivity contribution is 5.81. The second-order valence-corrected chi connectivity index (χ2v) is 5.33. The highest BCUT2D eigenvalue weighted by atomic mass is 16.5. The van der Waals surface area contributed by atoms with Crippen LogP contribution in [0, 0.1) is 0 Å². The van der Waals surface area contributed by atoms with Gasteiger partial charge in [0.15, 0.2) is 6.10 Å². The van der Waals surface area contributed by atoms with Crippen molar-refractivity contribution in [3.63, 3.8) is 0 Å². The van der Waals surface area contributed by atoms with Crippen molar-refractivity contribution in [1.82, 2.24) is 5.32 Å². The number of carbonyl (C=O) groups excluding carboxylic acids is 1. The number of benzene rings is 1. The Hall–Kier alpha value is -1.55. The fourth-order valence-corrected chi connectivity index (χ4v) is 2.17. The van der Waals surface area contributed by atoms with E-state index >= 15 is 0 Å². The Morgan fingerprint density at radius 3 is 2.38 bits per heavy atom. The maximum atomic E-state index is 12.2. The van der Waals surface area contributed by atoms with Crippen LogP contribution in [-0.4, -0.2) is 18.1 Å². The summed E-state index contributed by atoms with van der Waals surface area (Å²) in [7, 11) is 0. The van der Waals surface area contributed by atoms with Gasteiger partial charge >= 0.3 is 0 Å². The molecule has 2 atom stereocenters. The first kappa shape index (κ1) is 17.5. The molecule has 0 saturated carbocycles. The van der Waals surface area contributed by atoms with Gasteiger partial charge in [0.1, 0.15) is 5.75 Å². The van der Waals surface area contributed by atoms with Crippen LogP contribution in [0.15, 0.2) is 24.3 Å².